The molecule has 2 atom stereocenters. The molecular weight excluding hydrogens is 357 g/mol. The maximum Gasteiger partial charge on any atom is 0.234 e. The fraction of sp³-hybridized carbons (Fsp3) is 0.571. The Kier molecular flexibility index (Phi) is 5.71. The van der Waals surface area contributed by atoms with E-state index in [1.54, 1.807) is 6.07 Å². The molecule has 1 aromatic heterocycles. The van der Waals surface area contributed by atoms with Gasteiger partial charge >= 0.3 is 0 Å². The van der Waals surface area contributed by atoms with Gasteiger partial charge in [0.05, 0.1) is 12.1 Å². The van der Waals surface area contributed by atoms with Crippen molar-refractivity contribution in [2.75, 3.05) is 37.6 Å². The van der Waals surface area contributed by atoms with Gasteiger partial charge < -0.3 is 10.2 Å². The Balaban J connectivity index is 1.32. The number of piperazine rings is 1. The monoisotopic (exact) mass is 385 g/mol. The number of anilines is 1. The first-order valence-corrected chi connectivity index (χ1v) is 10.3. The molecule has 2 aliphatic rings. The first-order chi connectivity index (χ1) is 13.6. The highest BCUT2D eigenvalue weighted by Crippen LogP contribution is 2.25. The van der Waals surface area contributed by atoms with Crippen molar-refractivity contribution >= 4 is 22.6 Å². The Hall–Kier alpha value is -2.28. The molecule has 1 aromatic carbocycles. The van der Waals surface area contributed by atoms with Crippen LogP contribution in [0.25, 0.3) is 10.9 Å². The normalized spacial score (nSPS) is 23.7. The van der Waals surface area contributed by atoms with Gasteiger partial charge in [0, 0.05) is 37.6 Å². The summed E-state index contributed by atoms with van der Waals surface area (Å²) in [6, 6.07) is 4.93. The molecule has 0 spiro atoms. The number of rotatable bonds is 4. The average Bonchev–Trinajstić information content (AvgIpc) is 2.68. The lowest BCUT2D eigenvalue weighted by molar-refractivity contribution is -0.123. The number of carbonyl (C=O) groups is 1. The van der Waals surface area contributed by atoms with Gasteiger partial charge in [-0.2, -0.15) is 0 Å². The summed E-state index contributed by atoms with van der Waals surface area (Å²) in [5.74, 6) is 1.32. The van der Waals surface area contributed by atoms with Gasteiger partial charge in [0.2, 0.25) is 5.91 Å². The molecule has 150 valence electrons. The number of hydrogen-bond donors (Lipinski definition) is 1. The summed E-state index contributed by atoms with van der Waals surface area (Å²) in [4.78, 5) is 25.4. The fourth-order valence-corrected chi connectivity index (χ4v) is 4.43. The number of carbonyl (C=O) groups excluding carboxylic acids is 1. The number of aromatic nitrogens is 2. The van der Waals surface area contributed by atoms with E-state index in [1.807, 2.05) is 0 Å². The number of nitrogens with one attached hydrogen (secondary N) is 1. The first kappa shape index (κ1) is 19.1. The molecule has 28 heavy (non-hydrogen) atoms. The summed E-state index contributed by atoms with van der Waals surface area (Å²) in [6.07, 6.45) is 6.20. The van der Waals surface area contributed by atoms with Gasteiger partial charge in [-0.3, -0.25) is 9.69 Å². The van der Waals surface area contributed by atoms with E-state index < -0.39 is 0 Å². The zero-order chi connectivity index (χ0) is 19.5. The Bertz CT molecular complexity index is 837. The van der Waals surface area contributed by atoms with Gasteiger partial charge in [-0.05, 0) is 37.0 Å². The van der Waals surface area contributed by atoms with Gasteiger partial charge in [0.25, 0.3) is 0 Å². The van der Waals surface area contributed by atoms with Crippen LogP contribution in [0.1, 0.15) is 32.6 Å². The third kappa shape index (κ3) is 4.41. The Morgan fingerprint density at radius 1 is 1.21 bits per heavy atom. The zero-order valence-corrected chi connectivity index (χ0v) is 16.4. The lowest BCUT2D eigenvalue weighted by atomic mass is 9.87. The Labute approximate surface area is 165 Å². The largest absolute Gasteiger partial charge is 0.353 e. The predicted molar refractivity (Wildman–Crippen MR) is 108 cm³/mol. The molecule has 1 saturated carbocycles. The van der Waals surface area contributed by atoms with Crippen molar-refractivity contribution in [2.45, 2.75) is 38.6 Å². The summed E-state index contributed by atoms with van der Waals surface area (Å²) < 4.78 is 13.7. The smallest absolute Gasteiger partial charge is 0.234 e. The van der Waals surface area contributed by atoms with Crippen LogP contribution in [0.4, 0.5) is 10.2 Å². The van der Waals surface area contributed by atoms with Crippen LogP contribution >= 0.6 is 0 Å². The molecule has 0 bridgehead atoms. The summed E-state index contributed by atoms with van der Waals surface area (Å²) >= 11 is 0. The highest BCUT2D eigenvalue weighted by atomic mass is 19.1. The summed E-state index contributed by atoms with van der Waals surface area (Å²) in [7, 11) is 0. The highest BCUT2D eigenvalue weighted by molar-refractivity contribution is 5.89. The van der Waals surface area contributed by atoms with E-state index in [-0.39, 0.29) is 11.7 Å². The van der Waals surface area contributed by atoms with E-state index in [0.717, 1.165) is 55.7 Å². The second kappa shape index (κ2) is 8.39. The molecule has 1 N–H and O–H groups in total. The summed E-state index contributed by atoms with van der Waals surface area (Å²) in [5, 5.41) is 3.95. The van der Waals surface area contributed by atoms with Crippen molar-refractivity contribution in [3.05, 3.63) is 30.3 Å². The minimum absolute atomic E-state index is 0.127. The molecule has 2 unspecified atom stereocenters. The van der Waals surface area contributed by atoms with E-state index in [0.29, 0.717) is 18.5 Å². The fourth-order valence-electron chi connectivity index (χ4n) is 4.43. The lowest BCUT2D eigenvalue weighted by Crippen LogP contribution is -2.51. The number of amides is 1. The van der Waals surface area contributed by atoms with E-state index in [2.05, 4.69) is 32.0 Å². The van der Waals surface area contributed by atoms with E-state index in [9.17, 15) is 9.18 Å². The maximum absolute atomic E-state index is 13.7. The number of nitrogens with zero attached hydrogens (tertiary/aromatic N) is 4. The Morgan fingerprint density at radius 3 is 2.82 bits per heavy atom. The minimum atomic E-state index is -0.282. The lowest BCUT2D eigenvalue weighted by Gasteiger charge is -2.36. The minimum Gasteiger partial charge on any atom is -0.353 e. The predicted octanol–water partition coefficient (Wildman–Crippen LogP) is 2.59. The van der Waals surface area contributed by atoms with Gasteiger partial charge in [-0.15, -0.1) is 0 Å². The second-order valence-corrected chi connectivity index (χ2v) is 8.16. The molecule has 4 rings (SSSR count). The van der Waals surface area contributed by atoms with E-state index in [1.165, 1.54) is 31.3 Å². The average molecular weight is 385 g/mol. The molecule has 2 fully saturated rings. The van der Waals surface area contributed by atoms with Crippen LogP contribution < -0.4 is 10.2 Å². The third-order valence-corrected chi connectivity index (χ3v) is 5.92. The molecule has 1 amide bonds. The molecule has 0 radical (unpaired) electrons. The molecule has 2 heterocycles. The SMILES string of the molecule is CC1CCCC(NC(=O)CN2CCN(c3ncnc4ccc(F)cc34)CC2)C1. The van der Waals surface area contributed by atoms with E-state index >= 15 is 0 Å². The number of halogens is 1. The van der Waals surface area contributed by atoms with Crippen molar-refractivity contribution in [1.29, 1.82) is 0 Å². The van der Waals surface area contributed by atoms with Gasteiger partial charge in [-0.25, -0.2) is 14.4 Å². The molecular formula is C21H28FN5O. The van der Waals surface area contributed by atoms with Crippen LogP contribution in [0, 0.1) is 11.7 Å². The van der Waals surface area contributed by atoms with Crippen LogP contribution in [0.15, 0.2) is 24.5 Å². The van der Waals surface area contributed by atoms with Gasteiger partial charge in [0.15, 0.2) is 0 Å². The number of fused-ring (bicyclic) bond motifs is 1. The number of benzene rings is 1. The zero-order valence-electron chi connectivity index (χ0n) is 16.4. The van der Waals surface area contributed by atoms with Crippen molar-refractivity contribution in [3.8, 4) is 0 Å². The summed E-state index contributed by atoms with van der Waals surface area (Å²) in [6.45, 7) is 5.80. The molecule has 1 saturated heterocycles. The van der Waals surface area contributed by atoms with Crippen LogP contribution in [0.3, 0.4) is 0 Å². The molecule has 1 aliphatic heterocycles. The van der Waals surface area contributed by atoms with Crippen molar-refractivity contribution in [2.24, 2.45) is 5.92 Å². The quantitative estimate of drug-likeness (QED) is 0.877. The van der Waals surface area contributed by atoms with Crippen LogP contribution in [-0.2, 0) is 4.79 Å². The van der Waals surface area contributed by atoms with Crippen molar-refractivity contribution < 1.29 is 9.18 Å². The molecule has 2 aromatic rings. The number of hydrogen-bond acceptors (Lipinski definition) is 5. The van der Waals surface area contributed by atoms with Crippen LogP contribution in [-0.4, -0.2) is 59.5 Å². The topological polar surface area (TPSA) is 61.4 Å². The molecule has 1 aliphatic carbocycles. The molecule has 6 nitrogen and oxygen atoms in total. The molecule has 7 heteroatoms. The van der Waals surface area contributed by atoms with Crippen molar-refractivity contribution in [1.82, 2.24) is 20.2 Å². The third-order valence-electron chi connectivity index (χ3n) is 5.92. The first-order valence-electron chi connectivity index (χ1n) is 10.3. The highest BCUT2D eigenvalue weighted by Gasteiger charge is 2.24. The summed E-state index contributed by atoms with van der Waals surface area (Å²) in [5.41, 5.74) is 0.745. The maximum atomic E-state index is 13.7. The van der Waals surface area contributed by atoms with Crippen LogP contribution in [0.5, 0.6) is 0 Å². The second-order valence-electron chi connectivity index (χ2n) is 8.16. The van der Waals surface area contributed by atoms with Gasteiger partial charge in [-0.1, -0.05) is 19.8 Å². The Morgan fingerprint density at radius 2 is 2.04 bits per heavy atom. The van der Waals surface area contributed by atoms with Gasteiger partial charge in [0.1, 0.15) is 18.0 Å². The van der Waals surface area contributed by atoms with E-state index in [4.69, 9.17) is 0 Å². The van der Waals surface area contributed by atoms with Crippen LogP contribution in [0.2, 0.25) is 0 Å². The standard InChI is InChI=1S/C21H28FN5O/c1-15-3-2-4-17(11-15)25-20(28)13-26-7-9-27(10-8-26)21-18-12-16(22)5-6-19(18)23-14-24-21/h5-6,12,14-15,17H,2-4,7-11,13H2,1H3,(H,25,28). The van der Waals surface area contributed by atoms with Crippen molar-refractivity contribution in [3.63, 3.8) is 0 Å².